The molecule has 2 unspecified atom stereocenters. The summed E-state index contributed by atoms with van der Waals surface area (Å²) in [5, 5.41) is 14.6. The number of aromatic nitrogens is 2. The van der Waals surface area contributed by atoms with E-state index in [0.717, 1.165) is 12.5 Å². The van der Waals surface area contributed by atoms with Gasteiger partial charge in [-0.1, -0.05) is 24.3 Å². The van der Waals surface area contributed by atoms with Gasteiger partial charge in [0.25, 0.3) is 6.43 Å². The summed E-state index contributed by atoms with van der Waals surface area (Å²) in [6.07, 6.45) is -1.32. The van der Waals surface area contributed by atoms with Crippen molar-refractivity contribution >= 4 is 11.5 Å². The van der Waals surface area contributed by atoms with Gasteiger partial charge in [0.05, 0.1) is 17.7 Å². The Bertz CT molecular complexity index is 822. The van der Waals surface area contributed by atoms with Crippen LogP contribution in [0.25, 0.3) is 16.1 Å². The van der Waals surface area contributed by atoms with Crippen LogP contribution in [0.15, 0.2) is 36.5 Å². The molecule has 0 saturated carbocycles. The molecule has 0 saturated heterocycles. The number of halogens is 2. The molecule has 2 rings (SSSR count). The second-order valence-electron chi connectivity index (χ2n) is 6.71. The Morgan fingerprint density at radius 3 is 2.42 bits per heavy atom. The van der Waals surface area contributed by atoms with E-state index in [1.54, 1.807) is 41.2 Å². The third-order valence-electron chi connectivity index (χ3n) is 5.09. The first-order valence-electron chi connectivity index (χ1n) is 8.15. The number of hydrogen-bond donors (Lipinski definition) is 1. The number of benzene rings is 1. The van der Waals surface area contributed by atoms with Gasteiger partial charge in [0, 0.05) is 12.7 Å². The Hall–Kier alpha value is -2.59. The first-order valence-corrected chi connectivity index (χ1v) is 8.15. The number of carbonyl (C=O) groups is 1. The fourth-order valence-electron chi connectivity index (χ4n) is 2.71. The van der Waals surface area contributed by atoms with Crippen molar-refractivity contribution in [3.63, 3.8) is 0 Å². The van der Waals surface area contributed by atoms with Gasteiger partial charge in [-0.3, -0.25) is 9.48 Å². The molecule has 0 aliphatic heterocycles. The molecular weight excluding hydrogens is 340 g/mol. The van der Waals surface area contributed by atoms with Crippen molar-refractivity contribution in [1.82, 2.24) is 9.78 Å². The normalized spacial score (nSPS) is 15.9. The van der Waals surface area contributed by atoms with Crippen LogP contribution in [0.5, 0.6) is 0 Å². The van der Waals surface area contributed by atoms with Crippen molar-refractivity contribution in [2.75, 3.05) is 0 Å². The summed E-state index contributed by atoms with van der Waals surface area (Å²) in [6.45, 7) is 10.7. The quantitative estimate of drug-likeness (QED) is 0.755. The molecule has 138 valence electrons. The smallest absolute Gasteiger partial charge is 0.267 e. The maximum absolute atomic E-state index is 13.2. The molecule has 26 heavy (non-hydrogen) atoms. The van der Waals surface area contributed by atoms with Gasteiger partial charge < -0.3 is 5.11 Å². The van der Waals surface area contributed by atoms with Crippen LogP contribution in [0.2, 0.25) is 0 Å². The van der Waals surface area contributed by atoms with Gasteiger partial charge in [0.15, 0.2) is 5.69 Å². The summed E-state index contributed by atoms with van der Waals surface area (Å²) in [4.78, 5) is 15.3. The van der Waals surface area contributed by atoms with Crippen molar-refractivity contribution in [2.24, 2.45) is 5.41 Å². The summed E-state index contributed by atoms with van der Waals surface area (Å²) in [7, 11) is 0. The minimum Gasteiger partial charge on any atom is -0.383 e. The zero-order valence-corrected chi connectivity index (χ0v) is 14.9. The predicted octanol–water partition coefficient (Wildman–Crippen LogP) is 4.10. The number of Topliss-reactive ketones (excluding diaryl/α,β-unsaturated/α-hetero) is 1. The van der Waals surface area contributed by atoms with Crippen LogP contribution >= 0.6 is 0 Å². The van der Waals surface area contributed by atoms with Gasteiger partial charge in [-0.2, -0.15) is 5.10 Å². The molecule has 0 aliphatic carbocycles. The zero-order chi connectivity index (χ0) is 19.5. The molecule has 0 radical (unpaired) electrons. The molecule has 1 N–H and O–H groups in total. The molecule has 5 nitrogen and oxygen atoms in total. The summed E-state index contributed by atoms with van der Waals surface area (Å²) < 4.78 is 28.0. The highest BCUT2D eigenvalue weighted by Gasteiger charge is 2.52. The molecule has 2 atom stereocenters. The Morgan fingerprint density at radius 2 is 1.92 bits per heavy atom. The fourth-order valence-corrected chi connectivity index (χ4v) is 2.71. The Balaban J connectivity index is 2.17. The van der Waals surface area contributed by atoms with E-state index >= 15 is 0 Å². The number of nitrogens with zero attached hydrogens (tertiary/aromatic N) is 3. The number of aryl methyl sites for hydroxylation is 1. The molecule has 1 aromatic heterocycles. The number of carbonyl (C=O) groups excluding carboxylic acids is 1. The highest BCUT2D eigenvalue weighted by atomic mass is 19.3. The van der Waals surface area contributed by atoms with Crippen molar-refractivity contribution in [3.8, 4) is 11.3 Å². The Morgan fingerprint density at radius 1 is 1.31 bits per heavy atom. The van der Waals surface area contributed by atoms with E-state index in [-0.39, 0.29) is 13.0 Å². The molecule has 1 heterocycles. The second kappa shape index (κ2) is 7.34. The average Bonchev–Trinajstić information content (AvgIpc) is 3.08. The molecule has 0 aliphatic rings. The first-order chi connectivity index (χ1) is 12.1. The van der Waals surface area contributed by atoms with Crippen LogP contribution in [0.3, 0.4) is 0 Å². The molecule has 2 aromatic rings. The van der Waals surface area contributed by atoms with Crippen molar-refractivity contribution in [1.29, 1.82) is 0 Å². The SMILES string of the molecule is [C-]#[N+]c1ccc(-c2ccn(CCC(C)(C(C)=O)C(C)(O)C(F)F)n2)cc1. The lowest BCUT2D eigenvalue weighted by atomic mass is 9.69. The van der Waals surface area contributed by atoms with E-state index in [1.807, 2.05) is 0 Å². The van der Waals surface area contributed by atoms with Gasteiger partial charge in [-0.05, 0) is 38.8 Å². The van der Waals surface area contributed by atoms with Crippen LogP contribution in [0.1, 0.15) is 27.2 Å². The van der Waals surface area contributed by atoms with Crippen LogP contribution in [0, 0.1) is 12.0 Å². The van der Waals surface area contributed by atoms with E-state index in [1.165, 1.54) is 13.8 Å². The van der Waals surface area contributed by atoms with Gasteiger partial charge in [0.2, 0.25) is 0 Å². The van der Waals surface area contributed by atoms with Gasteiger partial charge >= 0.3 is 0 Å². The van der Waals surface area contributed by atoms with E-state index in [0.29, 0.717) is 11.4 Å². The van der Waals surface area contributed by atoms with Crippen LogP contribution in [-0.2, 0) is 11.3 Å². The highest BCUT2D eigenvalue weighted by Crippen LogP contribution is 2.40. The molecule has 0 bridgehead atoms. The first kappa shape index (κ1) is 19.7. The summed E-state index contributed by atoms with van der Waals surface area (Å²) in [5.74, 6) is -0.495. The highest BCUT2D eigenvalue weighted by molar-refractivity contribution is 5.83. The van der Waals surface area contributed by atoms with E-state index in [4.69, 9.17) is 6.57 Å². The topological polar surface area (TPSA) is 59.5 Å². The number of rotatable bonds is 7. The summed E-state index contributed by atoms with van der Waals surface area (Å²) in [5.41, 5.74) is -1.99. The van der Waals surface area contributed by atoms with Gasteiger partial charge in [0.1, 0.15) is 11.4 Å². The second-order valence-corrected chi connectivity index (χ2v) is 6.71. The third-order valence-corrected chi connectivity index (χ3v) is 5.09. The van der Waals surface area contributed by atoms with Crippen LogP contribution in [0.4, 0.5) is 14.5 Å². The lowest BCUT2D eigenvalue weighted by molar-refractivity contribution is -0.174. The summed E-state index contributed by atoms with van der Waals surface area (Å²) >= 11 is 0. The fraction of sp³-hybridized carbons (Fsp3) is 0.421. The van der Waals surface area contributed by atoms with Gasteiger partial charge in [-0.25, -0.2) is 13.6 Å². The predicted molar refractivity (Wildman–Crippen MR) is 94.0 cm³/mol. The van der Waals surface area contributed by atoms with Crippen LogP contribution < -0.4 is 0 Å². The summed E-state index contributed by atoms with van der Waals surface area (Å²) in [6, 6.07) is 8.70. The minimum absolute atomic E-state index is 0.0253. The molecule has 0 fully saturated rings. The number of ketones is 1. The molecule has 1 aromatic carbocycles. The lowest BCUT2D eigenvalue weighted by Gasteiger charge is -2.40. The van der Waals surface area contributed by atoms with Crippen molar-refractivity contribution in [3.05, 3.63) is 47.9 Å². The minimum atomic E-state index is -3.04. The standard InChI is InChI=1S/C19H21F2N3O2/c1-13(25)18(2,19(3,26)17(20)21)10-12-24-11-9-16(23-24)14-5-7-15(22-4)8-6-14/h5-9,11,17,26H,10,12H2,1-3H3. The maximum Gasteiger partial charge on any atom is 0.267 e. The van der Waals surface area contributed by atoms with Crippen molar-refractivity contribution in [2.45, 2.75) is 45.8 Å². The maximum atomic E-state index is 13.2. The molecular formula is C19H21F2N3O2. The molecule has 0 spiro atoms. The Kier molecular flexibility index (Phi) is 5.57. The van der Waals surface area contributed by atoms with Crippen molar-refractivity contribution < 1.29 is 18.7 Å². The number of aliphatic hydroxyl groups is 1. The molecule has 0 amide bonds. The molecule has 7 heteroatoms. The largest absolute Gasteiger partial charge is 0.383 e. The van der Waals surface area contributed by atoms with E-state index in [2.05, 4.69) is 9.94 Å². The Labute approximate surface area is 151 Å². The van der Waals surface area contributed by atoms with Gasteiger partial charge in [-0.15, -0.1) is 0 Å². The lowest BCUT2D eigenvalue weighted by Crippen LogP contribution is -2.53. The number of hydrogen-bond acceptors (Lipinski definition) is 3. The van der Waals surface area contributed by atoms with E-state index in [9.17, 15) is 18.7 Å². The average molecular weight is 361 g/mol. The zero-order valence-electron chi connectivity index (χ0n) is 14.9. The third kappa shape index (κ3) is 3.65. The number of alkyl halides is 2. The van der Waals surface area contributed by atoms with Crippen LogP contribution in [-0.4, -0.2) is 32.7 Å². The van der Waals surface area contributed by atoms with E-state index < -0.39 is 23.2 Å². The monoisotopic (exact) mass is 361 g/mol.